The van der Waals surface area contributed by atoms with Crippen molar-refractivity contribution < 1.29 is 0 Å². The molecule has 11 heterocycles. The predicted octanol–water partition coefficient (Wildman–Crippen LogP) is 16.4. The Bertz CT molecular complexity index is 3280. The number of nitrogens with zero attached hydrogens (tertiary/aromatic N) is 11. The van der Waals surface area contributed by atoms with Gasteiger partial charge >= 0.3 is 0 Å². The maximum absolute atomic E-state index is 5.23. The second kappa shape index (κ2) is 25.3. The number of hydrogen-bond acceptors (Lipinski definition) is 11. The molecule has 11 aromatic heterocycles. The van der Waals surface area contributed by atoms with Crippen molar-refractivity contribution in [3.63, 3.8) is 0 Å². The Kier molecular flexibility index (Phi) is 16.0. The van der Waals surface area contributed by atoms with Gasteiger partial charge in [-0.1, -0.05) is 66.7 Å². The fourth-order valence-corrected chi connectivity index (χ4v) is 12.4. The van der Waals surface area contributed by atoms with Crippen molar-refractivity contribution >= 4 is 0 Å². The van der Waals surface area contributed by atoms with Gasteiger partial charge in [-0.25, -0.2) is 0 Å². The Balaban J connectivity index is 0.983. The van der Waals surface area contributed by atoms with Gasteiger partial charge in [0.2, 0.25) is 0 Å². The highest BCUT2D eigenvalue weighted by Crippen LogP contribution is 2.50. The third kappa shape index (κ3) is 12.5. The van der Waals surface area contributed by atoms with Crippen LogP contribution in [0.1, 0.15) is 107 Å². The first-order valence-electron chi connectivity index (χ1n) is 28.9. The highest BCUT2D eigenvalue weighted by atomic mass is 14.7. The molecule has 4 atom stereocenters. The van der Waals surface area contributed by atoms with Gasteiger partial charge in [0.05, 0.1) is 34.2 Å². The average Bonchev–Trinajstić information content (AvgIpc) is 3.73. The maximum Gasteiger partial charge on any atom is 0.0703 e. The van der Waals surface area contributed by atoms with Crippen molar-refractivity contribution in [1.29, 1.82) is 0 Å². The molecule has 0 radical (unpaired) electrons. The van der Waals surface area contributed by atoms with Gasteiger partial charge in [-0.3, -0.25) is 54.8 Å². The Morgan fingerprint density at radius 1 is 0.190 bits per heavy atom. The first kappa shape index (κ1) is 53.2. The molecule has 84 heavy (non-hydrogen) atoms. The molecule has 1 aromatic carbocycles. The van der Waals surface area contributed by atoms with E-state index in [1.54, 1.807) is 0 Å². The molecule has 1 aliphatic rings. The lowest BCUT2D eigenvalue weighted by molar-refractivity contribution is 0.350. The zero-order valence-electron chi connectivity index (χ0n) is 46.5. The second-order valence-electron chi connectivity index (χ2n) is 22.0. The first-order chi connectivity index (χ1) is 41.6. The molecular weight excluding hydrogens is 1030 g/mol. The van der Waals surface area contributed by atoms with Crippen molar-refractivity contribution in [2.45, 2.75) is 74.0 Å². The minimum atomic E-state index is 0.0735. The molecule has 1 aliphatic carbocycles. The van der Waals surface area contributed by atoms with E-state index in [-0.39, 0.29) is 35.5 Å². The summed E-state index contributed by atoms with van der Waals surface area (Å²) in [7, 11) is 0. The van der Waals surface area contributed by atoms with E-state index in [2.05, 4.69) is 165 Å². The summed E-state index contributed by atoms with van der Waals surface area (Å²) in [5.41, 5.74) is 19.0. The molecule has 0 N–H and O–H groups in total. The fourth-order valence-electron chi connectivity index (χ4n) is 12.4. The number of aromatic nitrogens is 11. The van der Waals surface area contributed by atoms with Crippen molar-refractivity contribution in [3.05, 3.63) is 296 Å². The lowest BCUT2D eigenvalue weighted by Crippen LogP contribution is -2.20. The molecule has 0 aliphatic heterocycles. The SMILES string of the molecule is c1ccc(-c2ccc(C3CC(c4ccc(-c5ccncc5)nc4)CC(c4ccc(-c5ccncc5)nc4)CC(c4ccc(-c5ccncc5)nc4)CC(c4ccc(-c5ccncc5)nc4)CC(c4ccc(-c5ccncc5)nc4)C3)cn2)cc1. The average molecular weight is 1090 g/mol. The van der Waals surface area contributed by atoms with E-state index in [9.17, 15) is 0 Å². The van der Waals surface area contributed by atoms with Crippen LogP contribution >= 0.6 is 0 Å². The van der Waals surface area contributed by atoms with Crippen LogP contribution in [0.25, 0.3) is 67.5 Å². The summed E-state index contributed by atoms with van der Waals surface area (Å²) < 4.78 is 0. The second-order valence-corrected chi connectivity index (χ2v) is 22.0. The molecule has 0 bridgehead atoms. The maximum atomic E-state index is 5.23. The summed E-state index contributed by atoms with van der Waals surface area (Å²) in [5, 5.41) is 0. The van der Waals surface area contributed by atoms with Gasteiger partial charge in [-0.2, -0.15) is 0 Å². The van der Waals surface area contributed by atoms with Gasteiger partial charge in [-0.05, 0) is 204 Å². The van der Waals surface area contributed by atoms with Crippen molar-refractivity contribution in [1.82, 2.24) is 54.8 Å². The van der Waals surface area contributed by atoms with E-state index in [1.807, 2.05) is 123 Å². The molecule has 12 aromatic rings. The smallest absolute Gasteiger partial charge is 0.0703 e. The van der Waals surface area contributed by atoms with Crippen LogP contribution < -0.4 is 0 Å². The lowest BCUT2D eigenvalue weighted by Gasteiger charge is -2.35. The normalized spacial score (nSPS) is 18.4. The van der Waals surface area contributed by atoms with Crippen LogP contribution in [0.5, 0.6) is 0 Å². The summed E-state index contributed by atoms with van der Waals surface area (Å²) in [4.78, 5) is 52.8. The topological polar surface area (TPSA) is 142 Å². The molecule has 1 saturated carbocycles. The largest absolute Gasteiger partial charge is 0.265 e. The summed E-state index contributed by atoms with van der Waals surface area (Å²) in [5.74, 6) is 0.459. The van der Waals surface area contributed by atoms with Crippen LogP contribution in [0.3, 0.4) is 0 Å². The molecule has 408 valence electrons. The molecule has 0 amide bonds. The number of benzene rings is 1. The van der Waals surface area contributed by atoms with Gasteiger partial charge in [0.1, 0.15) is 0 Å². The Labute approximate surface area is 490 Å². The summed E-state index contributed by atoms with van der Waals surface area (Å²) in [6, 6.07) is 57.7. The highest BCUT2D eigenvalue weighted by Gasteiger charge is 2.34. The fraction of sp³-hybridized carbons (Fsp3) is 0.164. The number of pyridine rings is 11. The minimum absolute atomic E-state index is 0.0735. The standard InChI is InChI=1S/C73H61N11/c1-2-4-50(5-3-1)68-12-6-56(44-79-68)62-38-63(57-7-13-69(80-45-57)51-18-28-74-29-19-51)40-65(59-9-15-71(82-47-59)53-22-32-76-33-23-53)42-67(61-11-17-73(84-49-61)55-26-36-78-37-27-55)43-66(60-10-16-72(83-48-60)54-24-34-77-35-25-54)41-64(39-62)58-8-14-70(81-46-58)52-20-30-75-31-21-52/h1-37,44-49,62-67H,38-43H2. The Morgan fingerprint density at radius 3 is 0.536 bits per heavy atom. The molecule has 13 rings (SSSR count). The minimum Gasteiger partial charge on any atom is -0.265 e. The predicted molar refractivity (Wildman–Crippen MR) is 331 cm³/mol. The van der Waals surface area contributed by atoms with Crippen LogP contribution in [0.15, 0.2) is 263 Å². The van der Waals surface area contributed by atoms with Crippen LogP contribution in [0, 0.1) is 0 Å². The lowest BCUT2D eigenvalue weighted by atomic mass is 9.69. The Morgan fingerprint density at radius 2 is 0.369 bits per heavy atom. The number of rotatable bonds is 12. The molecule has 4 unspecified atom stereocenters. The monoisotopic (exact) mass is 1090 g/mol. The Hall–Kier alpha value is -10.1. The molecule has 0 spiro atoms. The molecular formula is C73H61N11. The van der Waals surface area contributed by atoms with E-state index in [1.165, 1.54) is 33.4 Å². The van der Waals surface area contributed by atoms with Gasteiger partial charge in [0.25, 0.3) is 0 Å². The van der Waals surface area contributed by atoms with E-state index >= 15 is 0 Å². The molecule has 11 nitrogen and oxygen atoms in total. The van der Waals surface area contributed by atoms with Gasteiger partial charge in [0, 0.05) is 133 Å². The molecule has 11 heteroatoms. The highest BCUT2D eigenvalue weighted by molar-refractivity contribution is 5.63. The van der Waals surface area contributed by atoms with Crippen molar-refractivity contribution in [2.75, 3.05) is 0 Å². The zero-order valence-corrected chi connectivity index (χ0v) is 46.5. The molecule has 1 fully saturated rings. The summed E-state index contributed by atoms with van der Waals surface area (Å²) >= 11 is 0. The van der Waals surface area contributed by atoms with E-state index in [4.69, 9.17) is 29.9 Å². The van der Waals surface area contributed by atoms with Crippen LogP contribution in [-0.4, -0.2) is 54.8 Å². The molecule has 0 saturated heterocycles. The van der Waals surface area contributed by atoms with Crippen LogP contribution in [0.4, 0.5) is 0 Å². The third-order valence-electron chi connectivity index (χ3n) is 16.9. The van der Waals surface area contributed by atoms with Crippen molar-refractivity contribution in [3.8, 4) is 67.5 Å². The van der Waals surface area contributed by atoms with Crippen molar-refractivity contribution in [2.24, 2.45) is 0 Å². The van der Waals surface area contributed by atoms with Gasteiger partial charge in [-0.15, -0.1) is 0 Å². The van der Waals surface area contributed by atoms with Gasteiger partial charge < -0.3 is 0 Å². The zero-order chi connectivity index (χ0) is 56.3. The van der Waals surface area contributed by atoms with E-state index in [0.29, 0.717) is 0 Å². The summed E-state index contributed by atoms with van der Waals surface area (Å²) in [6.45, 7) is 0. The van der Waals surface area contributed by atoms with E-state index in [0.717, 1.165) is 106 Å². The number of hydrogen-bond donors (Lipinski definition) is 0. The quantitative estimate of drug-likeness (QED) is 0.115. The third-order valence-corrected chi connectivity index (χ3v) is 16.9. The van der Waals surface area contributed by atoms with Crippen LogP contribution in [-0.2, 0) is 0 Å². The summed E-state index contributed by atoms with van der Waals surface area (Å²) in [6.07, 6.45) is 36.1. The first-order valence-corrected chi connectivity index (χ1v) is 28.9. The van der Waals surface area contributed by atoms with Crippen LogP contribution in [0.2, 0.25) is 0 Å². The van der Waals surface area contributed by atoms with Gasteiger partial charge in [0.15, 0.2) is 0 Å². The van der Waals surface area contributed by atoms with E-state index < -0.39 is 0 Å².